The van der Waals surface area contributed by atoms with Crippen molar-refractivity contribution in [1.29, 1.82) is 0 Å². The topological polar surface area (TPSA) is 484 Å². The number of hydrogen-bond acceptors (Lipinski definition) is 33. The summed E-state index contributed by atoms with van der Waals surface area (Å²) < 4.78 is 84.5. The van der Waals surface area contributed by atoms with Gasteiger partial charge in [-0.1, -0.05) is 32.1 Å². The van der Waals surface area contributed by atoms with Crippen LogP contribution in [0.3, 0.4) is 0 Å². The first kappa shape index (κ1) is 75.3. The number of methoxy groups -OCH3 is 3. The summed E-state index contributed by atoms with van der Waals surface area (Å²) in [7, 11) is 3.28. The monoisotopic (exact) mass is 1350 g/mol. The molecule has 0 amide bonds. The standard InChI is InChI=1S/C61H86O33/c1-9-26-30(34(53(77)80-6)21-85-56(26)92-59-50(74)47(71)44(68)38(16-62)89-59)13-41(65)83-19-24(4)29-12-37(88-43(67)15-32-28(11-3)58(87-23-36(32)55(79)82-8)94-61-52(76)49(73)46(70)40(18-64)91-61)25(5)33(29)20-84-42(66)14-31-27(10-2)57(86-22-35(31)54(78)81-7)93-60-51(75)48(72)45(69)39(17-63)90-60/h9-11,21-25,29-33,37-40,44-52,56-64,68-76H,12-20H2,1-8H3/b26-9?,27-10?,28-11+/t24-,25-,29-,30-,31-,32-,33-,37-,38+,39+,40+,44+,45+,46+,47-,48-,49-,50+,51+,52+,56-,57-,58-,59-,60-,61-/m0/s1. The maximum atomic E-state index is 14.4. The van der Waals surface area contributed by atoms with Gasteiger partial charge in [0.15, 0.2) is 18.9 Å². The van der Waals surface area contributed by atoms with Crippen molar-refractivity contribution >= 4 is 35.8 Å². The van der Waals surface area contributed by atoms with Gasteiger partial charge in [0, 0.05) is 40.4 Å². The molecule has 528 valence electrons. The van der Waals surface area contributed by atoms with E-state index in [1.807, 2.05) is 0 Å². The Morgan fingerprint density at radius 3 is 1.15 bits per heavy atom. The van der Waals surface area contributed by atoms with Crippen molar-refractivity contribution in [3.8, 4) is 0 Å². The van der Waals surface area contributed by atoms with Gasteiger partial charge >= 0.3 is 35.8 Å². The van der Waals surface area contributed by atoms with E-state index in [-0.39, 0.29) is 53.1 Å². The molecule has 1 aliphatic carbocycles. The minimum Gasteiger partial charge on any atom is -0.468 e. The quantitative estimate of drug-likeness (QED) is 0.0253. The lowest BCUT2D eigenvalue weighted by Gasteiger charge is -2.42. The molecule has 6 aliphatic heterocycles. The Kier molecular flexibility index (Phi) is 27.0. The average molecular weight is 1350 g/mol. The number of ether oxygens (including phenoxy) is 15. The Morgan fingerprint density at radius 2 is 0.830 bits per heavy atom. The Bertz CT molecular complexity index is 2830. The molecule has 26 atom stereocenters. The van der Waals surface area contributed by atoms with Crippen LogP contribution in [0.4, 0.5) is 0 Å². The number of esters is 6. The molecule has 7 aliphatic rings. The predicted octanol–water partition coefficient (Wildman–Crippen LogP) is -3.56. The fraction of sp³-hybridized carbons (Fsp3) is 0.705. The molecule has 0 aromatic heterocycles. The van der Waals surface area contributed by atoms with Gasteiger partial charge in [-0.2, -0.15) is 0 Å². The summed E-state index contributed by atoms with van der Waals surface area (Å²) in [4.78, 5) is 82.5. The van der Waals surface area contributed by atoms with Crippen LogP contribution in [-0.2, 0) is 99.8 Å². The zero-order chi connectivity index (χ0) is 69.2. The summed E-state index contributed by atoms with van der Waals surface area (Å²) in [6.07, 6.45) is -25.1. The van der Waals surface area contributed by atoms with E-state index >= 15 is 0 Å². The lowest BCUT2D eigenvalue weighted by atomic mass is 9.83. The summed E-state index contributed by atoms with van der Waals surface area (Å²) in [5.74, 6) is -11.5. The number of hydrogen-bond donors (Lipinski definition) is 12. The maximum absolute atomic E-state index is 14.4. The molecule has 0 unspecified atom stereocenters. The van der Waals surface area contributed by atoms with Crippen molar-refractivity contribution in [3.05, 3.63) is 70.5 Å². The van der Waals surface area contributed by atoms with Crippen molar-refractivity contribution in [2.24, 2.45) is 41.4 Å². The largest absolute Gasteiger partial charge is 0.468 e. The van der Waals surface area contributed by atoms with Gasteiger partial charge in [-0.15, -0.1) is 0 Å². The first-order valence-corrected chi connectivity index (χ1v) is 30.4. The van der Waals surface area contributed by atoms with E-state index in [1.165, 1.54) is 39.0 Å². The summed E-state index contributed by atoms with van der Waals surface area (Å²) in [6, 6.07) is 0. The molecule has 0 aromatic carbocycles. The summed E-state index contributed by atoms with van der Waals surface area (Å²) in [6.45, 7) is 5.01. The third-order valence-corrected chi connectivity index (χ3v) is 18.1. The van der Waals surface area contributed by atoms with E-state index in [0.29, 0.717) is 0 Å². The number of aliphatic hydroxyl groups is 12. The van der Waals surface area contributed by atoms with Crippen LogP contribution in [0.5, 0.6) is 0 Å². The Morgan fingerprint density at radius 1 is 0.500 bits per heavy atom. The van der Waals surface area contributed by atoms with Crippen LogP contribution < -0.4 is 0 Å². The predicted molar refractivity (Wildman–Crippen MR) is 307 cm³/mol. The minimum absolute atomic E-state index is 0.0460. The van der Waals surface area contributed by atoms with Gasteiger partial charge in [0.1, 0.15) is 79.4 Å². The molecule has 7 rings (SSSR count). The van der Waals surface area contributed by atoms with Crippen LogP contribution in [0.15, 0.2) is 70.5 Å². The maximum Gasteiger partial charge on any atom is 0.337 e. The van der Waals surface area contributed by atoms with Gasteiger partial charge in [-0.3, -0.25) is 14.4 Å². The second kappa shape index (κ2) is 33.7. The highest BCUT2D eigenvalue weighted by Crippen LogP contribution is 2.46. The van der Waals surface area contributed by atoms with Crippen molar-refractivity contribution < 1.29 is 161 Å². The zero-order valence-corrected chi connectivity index (χ0v) is 52.8. The molecule has 4 fully saturated rings. The second-order valence-electron chi connectivity index (χ2n) is 23.5. The molecule has 0 aromatic rings. The smallest absolute Gasteiger partial charge is 0.337 e. The molecule has 0 radical (unpaired) electrons. The molecular formula is C61H86O33. The lowest BCUT2D eigenvalue weighted by Crippen LogP contribution is -2.60. The van der Waals surface area contributed by atoms with Gasteiger partial charge in [-0.05, 0) is 44.9 Å². The molecule has 33 heteroatoms. The third-order valence-electron chi connectivity index (χ3n) is 18.1. The average Bonchev–Trinajstić information content (AvgIpc) is 0.987. The fourth-order valence-electron chi connectivity index (χ4n) is 12.6. The SMILES string of the molecule is CC=C1[C@H](O[C@@H]2O[C@H](CO)[C@@H](O)[C@H](O)[C@H]2O)OC=C(C(=O)OC)[C@H]1CC(=O)OC[C@H]1[C@H](C)[C@@H](OC(=O)C[C@@H]2C(C(=O)OC)=CO[C@@H](O[C@@H]3O[C@H](CO)[C@@H](O)[C@H](O)[C@H]3O)/C2=C/C)C[C@H]1[C@@H](C)COC(=O)C[C@@H]1C(C(=O)OC)=CO[C@@H](O[C@@H]2O[C@H](CO)[C@@H](O)[C@H](O)[C@H]2O)C1=CC. The fourth-order valence-corrected chi connectivity index (χ4v) is 12.6. The number of carbonyl (C=O) groups excluding carboxylic acids is 6. The van der Waals surface area contributed by atoms with E-state index in [4.69, 9.17) is 71.1 Å². The van der Waals surface area contributed by atoms with Gasteiger partial charge in [0.05, 0.1) is 109 Å². The summed E-state index contributed by atoms with van der Waals surface area (Å²) in [5, 5.41) is 124. The molecule has 0 spiro atoms. The van der Waals surface area contributed by atoms with E-state index in [0.717, 1.165) is 40.1 Å². The highest BCUT2D eigenvalue weighted by Gasteiger charge is 2.52. The second-order valence-corrected chi connectivity index (χ2v) is 23.5. The Balaban J connectivity index is 1.11. The highest BCUT2D eigenvalue weighted by molar-refractivity contribution is 5.92. The van der Waals surface area contributed by atoms with Gasteiger partial charge in [-0.25, -0.2) is 14.4 Å². The molecule has 1 saturated carbocycles. The van der Waals surface area contributed by atoms with Crippen molar-refractivity contribution in [3.63, 3.8) is 0 Å². The van der Waals surface area contributed by atoms with E-state index in [2.05, 4.69) is 0 Å². The van der Waals surface area contributed by atoms with Crippen LogP contribution >= 0.6 is 0 Å². The molecule has 0 bridgehead atoms. The molecule has 12 N–H and O–H groups in total. The summed E-state index contributed by atoms with van der Waals surface area (Å²) >= 11 is 0. The third kappa shape index (κ3) is 16.7. The molecule has 94 heavy (non-hydrogen) atoms. The first-order chi connectivity index (χ1) is 44.8. The van der Waals surface area contributed by atoms with Crippen LogP contribution in [0, 0.1) is 41.4 Å². The number of allylic oxidation sites excluding steroid dienone is 3. The normalized spacial score (nSPS) is 39.1. The molecule has 33 nitrogen and oxygen atoms in total. The van der Waals surface area contributed by atoms with E-state index in [1.54, 1.807) is 13.8 Å². The van der Waals surface area contributed by atoms with Gasteiger partial charge in [0.2, 0.25) is 18.9 Å². The Labute approximate surface area is 539 Å². The van der Waals surface area contributed by atoms with Crippen molar-refractivity contribution in [2.75, 3.05) is 54.4 Å². The van der Waals surface area contributed by atoms with Crippen LogP contribution in [0.2, 0.25) is 0 Å². The summed E-state index contributed by atoms with van der Waals surface area (Å²) in [5.41, 5.74) is -0.0660. The molecular weight excluding hydrogens is 1260 g/mol. The van der Waals surface area contributed by atoms with Crippen molar-refractivity contribution in [2.45, 2.75) is 177 Å². The lowest BCUT2D eigenvalue weighted by molar-refractivity contribution is -0.327. The Hall–Kier alpha value is -6.06. The number of aliphatic hydroxyl groups excluding tert-OH is 12. The van der Waals surface area contributed by atoms with Crippen LogP contribution in [0.1, 0.15) is 60.3 Å². The molecule has 6 heterocycles. The van der Waals surface area contributed by atoms with Crippen molar-refractivity contribution in [1.82, 2.24) is 0 Å². The van der Waals surface area contributed by atoms with E-state index in [9.17, 15) is 90.0 Å². The first-order valence-electron chi connectivity index (χ1n) is 30.4. The number of rotatable bonds is 24. The van der Waals surface area contributed by atoms with Crippen LogP contribution in [-0.4, -0.2) is 269 Å². The van der Waals surface area contributed by atoms with Gasteiger partial charge < -0.3 is 132 Å². The zero-order valence-electron chi connectivity index (χ0n) is 52.8. The van der Waals surface area contributed by atoms with E-state index < -0.39 is 233 Å². The number of carbonyl (C=O) groups is 6. The van der Waals surface area contributed by atoms with Crippen LogP contribution in [0.25, 0.3) is 0 Å². The minimum atomic E-state index is -1.86. The van der Waals surface area contributed by atoms with Gasteiger partial charge in [0.25, 0.3) is 0 Å². The highest BCUT2D eigenvalue weighted by atomic mass is 16.8. The molecule has 3 saturated heterocycles.